The van der Waals surface area contributed by atoms with E-state index in [0.29, 0.717) is 0 Å². The number of aliphatic hydroxyl groups is 2. The van der Waals surface area contributed by atoms with E-state index in [1.54, 1.807) is 11.3 Å². The first-order valence-electron chi connectivity index (χ1n) is 10.2. The van der Waals surface area contributed by atoms with Crippen molar-refractivity contribution in [3.63, 3.8) is 0 Å². The Balaban J connectivity index is 2.21. The third kappa shape index (κ3) is 10.9. The first-order valence-corrected chi connectivity index (χ1v) is 11.1. The largest absolute Gasteiger partial charge is 0.368 e. The Bertz CT molecular complexity index is 487. The van der Waals surface area contributed by atoms with Crippen molar-refractivity contribution >= 4 is 17.2 Å². The number of carbonyl (C=O) groups is 1. The molecule has 1 rings (SSSR count). The smallest absolute Gasteiger partial charge is 0.217 e. The van der Waals surface area contributed by atoms with Gasteiger partial charge in [0.2, 0.25) is 5.91 Å². The molecule has 26 heavy (non-hydrogen) atoms. The van der Waals surface area contributed by atoms with Gasteiger partial charge in [0, 0.05) is 18.2 Å². The fourth-order valence-corrected chi connectivity index (χ4v) is 4.24. The summed E-state index contributed by atoms with van der Waals surface area (Å²) in [6.07, 6.45) is 13.1. The van der Waals surface area contributed by atoms with Gasteiger partial charge >= 0.3 is 0 Å². The van der Waals surface area contributed by atoms with Crippen molar-refractivity contribution < 1.29 is 15.0 Å². The first kappa shape index (κ1) is 23.1. The van der Waals surface area contributed by atoms with Crippen LogP contribution in [0.15, 0.2) is 11.4 Å². The molecule has 1 unspecified atom stereocenters. The summed E-state index contributed by atoms with van der Waals surface area (Å²) < 4.78 is 0. The van der Waals surface area contributed by atoms with Crippen LogP contribution in [0, 0.1) is 0 Å². The lowest BCUT2D eigenvalue weighted by Gasteiger charge is -2.17. The highest BCUT2D eigenvalue weighted by Gasteiger charge is 2.18. The van der Waals surface area contributed by atoms with Crippen LogP contribution in [0.2, 0.25) is 0 Å². The summed E-state index contributed by atoms with van der Waals surface area (Å²) in [6.45, 7) is 3.71. The Morgan fingerprint density at radius 1 is 1.04 bits per heavy atom. The summed E-state index contributed by atoms with van der Waals surface area (Å²) in [7, 11) is 0. The van der Waals surface area contributed by atoms with Gasteiger partial charge in [-0.05, 0) is 29.9 Å². The number of unbranched alkanes of at least 4 members (excludes halogenated alkanes) is 9. The maximum Gasteiger partial charge on any atom is 0.217 e. The Labute approximate surface area is 163 Å². The summed E-state index contributed by atoms with van der Waals surface area (Å²) >= 11 is 1.59. The van der Waals surface area contributed by atoms with Gasteiger partial charge in [0.15, 0.2) is 6.29 Å². The second-order valence-corrected chi connectivity index (χ2v) is 8.20. The number of carbonyl (C=O) groups excluding carboxylic acids is 1. The third-order valence-corrected chi connectivity index (χ3v) is 5.76. The van der Waals surface area contributed by atoms with Crippen molar-refractivity contribution in [2.24, 2.45) is 0 Å². The molecule has 0 aliphatic carbocycles. The van der Waals surface area contributed by atoms with Crippen LogP contribution < -0.4 is 5.32 Å². The van der Waals surface area contributed by atoms with E-state index in [1.807, 2.05) is 0 Å². The fourth-order valence-electron chi connectivity index (χ4n) is 3.23. The van der Waals surface area contributed by atoms with Gasteiger partial charge in [-0.15, -0.1) is 11.3 Å². The molecule has 1 aromatic rings. The molecule has 1 atom stereocenters. The number of nitrogens with one attached hydrogen (secondary N) is 1. The third-order valence-electron chi connectivity index (χ3n) is 4.66. The highest BCUT2D eigenvalue weighted by molar-refractivity contribution is 7.10. The summed E-state index contributed by atoms with van der Waals surface area (Å²) in [5.74, 6) is -0.153. The van der Waals surface area contributed by atoms with Gasteiger partial charge < -0.3 is 15.5 Å². The molecule has 0 radical (unpaired) electrons. The van der Waals surface area contributed by atoms with Crippen molar-refractivity contribution in [3.8, 4) is 0 Å². The lowest BCUT2D eigenvalue weighted by molar-refractivity contribution is -0.120. The Kier molecular flexibility index (Phi) is 12.6. The highest BCUT2D eigenvalue weighted by Crippen LogP contribution is 2.26. The minimum atomic E-state index is -1.42. The van der Waals surface area contributed by atoms with Crippen molar-refractivity contribution in [3.05, 3.63) is 21.9 Å². The maximum absolute atomic E-state index is 11.3. The van der Waals surface area contributed by atoms with Crippen LogP contribution in [-0.4, -0.2) is 22.4 Å². The molecule has 0 spiro atoms. The number of amides is 1. The molecule has 0 aliphatic heterocycles. The number of aliphatic hydroxyl groups excluding tert-OH is 1. The lowest BCUT2D eigenvalue weighted by atomic mass is 10.0. The predicted molar refractivity (Wildman–Crippen MR) is 109 cm³/mol. The number of rotatable bonds is 15. The molecule has 0 saturated heterocycles. The molecule has 150 valence electrons. The fraction of sp³-hybridized carbons (Fsp3) is 0.762. The normalized spacial score (nSPS) is 12.5. The van der Waals surface area contributed by atoms with Gasteiger partial charge in [0.05, 0.1) is 6.04 Å². The number of hydrogen-bond acceptors (Lipinski definition) is 4. The molecule has 0 aliphatic rings. The molecule has 0 fully saturated rings. The zero-order valence-electron chi connectivity index (χ0n) is 16.5. The van der Waals surface area contributed by atoms with Gasteiger partial charge in [-0.2, -0.15) is 0 Å². The highest BCUT2D eigenvalue weighted by atomic mass is 32.1. The molecule has 1 heterocycles. The minimum Gasteiger partial charge on any atom is -0.368 e. The average molecular weight is 384 g/mol. The Morgan fingerprint density at radius 3 is 2.15 bits per heavy atom. The van der Waals surface area contributed by atoms with Gasteiger partial charge in [-0.25, -0.2) is 0 Å². The monoisotopic (exact) mass is 383 g/mol. The van der Waals surface area contributed by atoms with E-state index < -0.39 is 6.29 Å². The van der Waals surface area contributed by atoms with Crippen LogP contribution in [0.25, 0.3) is 0 Å². The summed E-state index contributed by atoms with van der Waals surface area (Å²) in [4.78, 5) is 12.3. The molecule has 0 aromatic carbocycles. The zero-order valence-corrected chi connectivity index (χ0v) is 17.3. The quantitative estimate of drug-likeness (QED) is 0.292. The zero-order chi connectivity index (χ0) is 19.2. The molecule has 1 amide bonds. The maximum atomic E-state index is 11.3. The Hall–Kier alpha value is -0.910. The molecular weight excluding hydrogens is 346 g/mol. The van der Waals surface area contributed by atoms with Gasteiger partial charge in [0.25, 0.3) is 0 Å². The van der Waals surface area contributed by atoms with Crippen LogP contribution in [0.5, 0.6) is 0 Å². The van der Waals surface area contributed by atoms with Crippen molar-refractivity contribution in [1.82, 2.24) is 5.32 Å². The average Bonchev–Trinajstić information content (AvgIpc) is 3.04. The van der Waals surface area contributed by atoms with Gasteiger partial charge in [-0.1, -0.05) is 64.7 Å². The molecule has 0 saturated carbocycles. The topological polar surface area (TPSA) is 69.6 Å². The standard InChI is InChI=1S/C21H37NO3S/c1-3-4-5-6-7-8-9-10-11-12-13-18-14-20(26-16-18)19(15-21(24)25)22-17(2)23/h14,16,19,21,24-25H,3-13,15H2,1-2H3,(H,22,23). The molecule has 1 aromatic heterocycles. The van der Waals surface area contributed by atoms with E-state index in [2.05, 4.69) is 23.7 Å². The van der Waals surface area contributed by atoms with Crippen molar-refractivity contribution in [2.45, 2.75) is 103 Å². The Morgan fingerprint density at radius 2 is 1.62 bits per heavy atom. The van der Waals surface area contributed by atoms with Gasteiger partial charge in [-0.3, -0.25) is 4.79 Å². The molecule has 4 nitrogen and oxygen atoms in total. The van der Waals surface area contributed by atoms with E-state index in [9.17, 15) is 15.0 Å². The second kappa shape index (κ2) is 14.2. The van der Waals surface area contributed by atoms with E-state index >= 15 is 0 Å². The van der Waals surface area contributed by atoms with Crippen LogP contribution in [0.1, 0.15) is 101 Å². The summed E-state index contributed by atoms with van der Waals surface area (Å²) in [6, 6.07) is 1.78. The van der Waals surface area contributed by atoms with Crippen molar-refractivity contribution in [1.29, 1.82) is 0 Å². The van der Waals surface area contributed by atoms with E-state index in [4.69, 9.17) is 0 Å². The van der Waals surface area contributed by atoms with Crippen LogP contribution >= 0.6 is 11.3 Å². The van der Waals surface area contributed by atoms with E-state index in [0.717, 1.165) is 11.3 Å². The number of hydrogen-bond donors (Lipinski definition) is 3. The van der Waals surface area contributed by atoms with Crippen molar-refractivity contribution in [2.75, 3.05) is 0 Å². The number of thiophene rings is 1. The molecule has 5 heteroatoms. The van der Waals surface area contributed by atoms with Crippen LogP contribution in [-0.2, 0) is 11.2 Å². The molecule has 0 bridgehead atoms. The summed E-state index contributed by atoms with van der Waals surface area (Å²) in [5.41, 5.74) is 1.28. The first-order chi connectivity index (χ1) is 12.5. The SMILES string of the molecule is CCCCCCCCCCCCc1csc(C(CC(O)O)NC(C)=O)c1. The second-order valence-electron chi connectivity index (χ2n) is 7.26. The molecular formula is C21H37NO3S. The van der Waals surface area contributed by atoms with E-state index in [1.165, 1.54) is 76.7 Å². The minimum absolute atomic E-state index is 0.123. The molecule has 3 N–H and O–H groups in total. The predicted octanol–water partition coefficient (Wildman–Crippen LogP) is 5.09. The van der Waals surface area contributed by atoms with Crippen LogP contribution in [0.3, 0.4) is 0 Å². The van der Waals surface area contributed by atoms with E-state index in [-0.39, 0.29) is 18.4 Å². The van der Waals surface area contributed by atoms with Gasteiger partial charge in [0.1, 0.15) is 0 Å². The summed E-state index contributed by atoms with van der Waals surface area (Å²) in [5, 5.41) is 23.4. The van der Waals surface area contributed by atoms with Crippen LogP contribution in [0.4, 0.5) is 0 Å². The number of aryl methyl sites for hydroxylation is 1. The lowest BCUT2D eigenvalue weighted by Crippen LogP contribution is -2.28.